The number of hydrazine groups is 1. The Bertz CT molecular complexity index is 1090. The molecule has 0 radical (unpaired) electrons. The van der Waals surface area contributed by atoms with Crippen molar-refractivity contribution in [1.29, 1.82) is 0 Å². The highest BCUT2D eigenvalue weighted by Crippen LogP contribution is 2.48. The number of aryl methyl sites for hydroxylation is 1. The lowest BCUT2D eigenvalue weighted by molar-refractivity contribution is -0.148. The zero-order valence-electron chi connectivity index (χ0n) is 17.4. The summed E-state index contributed by atoms with van der Waals surface area (Å²) < 4.78 is 0. The van der Waals surface area contributed by atoms with Crippen LogP contribution >= 0.6 is 0 Å². The Morgan fingerprint density at radius 1 is 0.781 bits per heavy atom. The first kappa shape index (κ1) is 21.3. The van der Waals surface area contributed by atoms with Crippen LogP contribution < -0.4 is 16.2 Å². The van der Waals surface area contributed by atoms with E-state index in [1.54, 1.807) is 24.3 Å². The number of hydrogen-bond acceptors (Lipinski definition) is 4. The van der Waals surface area contributed by atoms with Crippen LogP contribution in [0.25, 0.3) is 0 Å². The van der Waals surface area contributed by atoms with Gasteiger partial charge in [0.05, 0.1) is 11.8 Å². The summed E-state index contributed by atoms with van der Waals surface area (Å²) in [4.78, 5) is 48.8. The number of carbonyl (C=O) groups excluding carboxylic acids is 3. The van der Waals surface area contributed by atoms with Crippen LogP contribution in [-0.2, 0) is 9.59 Å². The molecule has 1 saturated carbocycles. The fourth-order valence-corrected chi connectivity index (χ4v) is 4.40. The molecule has 8 nitrogen and oxygen atoms in total. The molecule has 32 heavy (non-hydrogen) atoms. The SMILES string of the molecule is Cc1ccc(C(=O)Nc2ccc(C(=O)NNC(=O)[C@H]3[C@H](C(=O)O)[C@H]4C=C[C@H]3C4)cc2)cc1. The molecule has 2 aromatic carbocycles. The number of nitrogens with one attached hydrogen (secondary N) is 3. The van der Waals surface area contributed by atoms with Crippen molar-refractivity contribution in [2.75, 3.05) is 5.32 Å². The first-order chi connectivity index (χ1) is 15.3. The molecule has 2 aromatic rings. The van der Waals surface area contributed by atoms with E-state index in [1.807, 2.05) is 31.2 Å². The van der Waals surface area contributed by atoms with Gasteiger partial charge in [-0.25, -0.2) is 0 Å². The molecule has 0 heterocycles. The highest BCUT2D eigenvalue weighted by Gasteiger charge is 2.51. The summed E-state index contributed by atoms with van der Waals surface area (Å²) in [5.74, 6) is -4.08. The lowest BCUT2D eigenvalue weighted by atomic mass is 9.82. The molecule has 164 valence electrons. The summed E-state index contributed by atoms with van der Waals surface area (Å²) in [5.41, 5.74) is 7.08. The summed E-state index contributed by atoms with van der Waals surface area (Å²) >= 11 is 0. The molecule has 0 saturated heterocycles. The van der Waals surface area contributed by atoms with Crippen LogP contribution in [0, 0.1) is 30.6 Å². The van der Waals surface area contributed by atoms with Gasteiger partial charge in [-0.05, 0) is 61.6 Å². The van der Waals surface area contributed by atoms with E-state index in [4.69, 9.17) is 0 Å². The summed E-state index contributed by atoms with van der Waals surface area (Å²) in [6, 6.07) is 13.4. The Morgan fingerprint density at radius 2 is 1.34 bits per heavy atom. The van der Waals surface area contributed by atoms with Gasteiger partial charge in [-0.15, -0.1) is 0 Å². The normalized spacial score (nSPS) is 22.9. The predicted molar refractivity (Wildman–Crippen MR) is 117 cm³/mol. The van der Waals surface area contributed by atoms with Gasteiger partial charge < -0.3 is 10.4 Å². The van der Waals surface area contributed by atoms with Crippen molar-refractivity contribution in [1.82, 2.24) is 10.9 Å². The molecule has 4 rings (SSSR count). The minimum atomic E-state index is -1.00. The molecular weight excluding hydrogens is 410 g/mol. The number of aliphatic carboxylic acids is 1. The summed E-state index contributed by atoms with van der Waals surface area (Å²) in [5, 5.41) is 12.2. The molecule has 0 aliphatic heterocycles. The second kappa shape index (κ2) is 8.66. The van der Waals surface area contributed by atoms with E-state index >= 15 is 0 Å². The third-order valence-corrected chi connectivity index (χ3v) is 6.07. The van der Waals surface area contributed by atoms with Crippen molar-refractivity contribution in [2.45, 2.75) is 13.3 Å². The summed E-state index contributed by atoms with van der Waals surface area (Å²) in [6.07, 6.45) is 4.36. The van der Waals surface area contributed by atoms with E-state index in [0.717, 1.165) is 5.56 Å². The van der Waals surface area contributed by atoms with Crippen LogP contribution in [-0.4, -0.2) is 28.8 Å². The van der Waals surface area contributed by atoms with Crippen molar-refractivity contribution < 1.29 is 24.3 Å². The van der Waals surface area contributed by atoms with Crippen molar-refractivity contribution in [3.05, 3.63) is 77.4 Å². The zero-order valence-corrected chi connectivity index (χ0v) is 17.4. The maximum atomic E-state index is 12.5. The van der Waals surface area contributed by atoms with Gasteiger partial charge in [0.15, 0.2) is 0 Å². The van der Waals surface area contributed by atoms with E-state index in [9.17, 15) is 24.3 Å². The number of hydrogen-bond donors (Lipinski definition) is 4. The monoisotopic (exact) mass is 433 g/mol. The molecule has 2 bridgehead atoms. The Morgan fingerprint density at radius 3 is 1.97 bits per heavy atom. The Kier molecular flexibility index (Phi) is 5.77. The smallest absolute Gasteiger partial charge is 0.307 e. The Hall–Kier alpha value is -3.94. The number of fused-ring (bicyclic) bond motifs is 2. The molecule has 0 aromatic heterocycles. The maximum Gasteiger partial charge on any atom is 0.307 e. The second-order valence-electron chi connectivity index (χ2n) is 8.18. The lowest BCUT2D eigenvalue weighted by Gasteiger charge is -2.23. The van der Waals surface area contributed by atoms with Gasteiger partial charge in [-0.1, -0.05) is 29.8 Å². The largest absolute Gasteiger partial charge is 0.481 e. The predicted octanol–water partition coefficient (Wildman–Crippen LogP) is 2.53. The third-order valence-electron chi connectivity index (χ3n) is 6.07. The van der Waals surface area contributed by atoms with E-state index in [0.29, 0.717) is 17.7 Å². The number of carboxylic acid groups (broad SMARTS) is 1. The van der Waals surface area contributed by atoms with Crippen LogP contribution in [0.4, 0.5) is 5.69 Å². The first-order valence-corrected chi connectivity index (χ1v) is 10.3. The van der Waals surface area contributed by atoms with E-state index < -0.39 is 29.6 Å². The molecule has 0 unspecified atom stereocenters. The molecule has 8 heteroatoms. The van der Waals surface area contributed by atoms with Gasteiger partial charge in [-0.2, -0.15) is 0 Å². The highest BCUT2D eigenvalue weighted by molar-refractivity contribution is 6.04. The quantitative estimate of drug-likeness (QED) is 0.426. The lowest BCUT2D eigenvalue weighted by Crippen LogP contribution is -2.48. The molecule has 4 atom stereocenters. The molecule has 4 N–H and O–H groups in total. The van der Waals surface area contributed by atoms with Gasteiger partial charge in [0.1, 0.15) is 0 Å². The number of carboxylic acids is 1. The third kappa shape index (κ3) is 4.25. The number of anilines is 1. The van der Waals surface area contributed by atoms with Crippen LogP contribution in [0.1, 0.15) is 32.7 Å². The summed E-state index contributed by atoms with van der Waals surface area (Å²) in [7, 11) is 0. The van der Waals surface area contributed by atoms with Gasteiger partial charge in [0, 0.05) is 16.8 Å². The first-order valence-electron chi connectivity index (χ1n) is 10.3. The van der Waals surface area contributed by atoms with Crippen LogP contribution in [0.5, 0.6) is 0 Å². The second-order valence-corrected chi connectivity index (χ2v) is 8.18. The number of allylic oxidation sites excluding steroid dienone is 2. The molecule has 1 fully saturated rings. The van der Waals surface area contributed by atoms with Gasteiger partial charge >= 0.3 is 5.97 Å². The minimum absolute atomic E-state index is 0.130. The Balaban J connectivity index is 1.32. The van der Waals surface area contributed by atoms with Crippen LogP contribution in [0.2, 0.25) is 0 Å². The van der Waals surface area contributed by atoms with Crippen molar-refractivity contribution >= 4 is 29.4 Å². The van der Waals surface area contributed by atoms with Crippen molar-refractivity contribution in [2.24, 2.45) is 23.7 Å². The average Bonchev–Trinajstić information content (AvgIpc) is 3.40. The number of amides is 3. The maximum absolute atomic E-state index is 12.5. The molecular formula is C24H23N3O5. The highest BCUT2D eigenvalue weighted by atomic mass is 16.4. The fraction of sp³-hybridized carbons (Fsp3) is 0.250. The number of benzene rings is 2. The van der Waals surface area contributed by atoms with E-state index in [2.05, 4.69) is 16.2 Å². The van der Waals surface area contributed by atoms with E-state index in [-0.39, 0.29) is 23.3 Å². The number of rotatable bonds is 5. The van der Waals surface area contributed by atoms with Crippen LogP contribution in [0.15, 0.2) is 60.7 Å². The molecule has 3 amide bonds. The number of carbonyl (C=O) groups is 4. The fourth-order valence-electron chi connectivity index (χ4n) is 4.40. The standard InChI is InChI=1S/C24H23N3O5/c1-13-2-4-14(5-3-13)21(28)25-18-10-8-15(9-11-18)22(29)26-27-23(30)19-16-6-7-17(12-16)20(19)24(31)32/h2-11,16-17,19-20H,12H2,1H3,(H,25,28)(H,26,29)(H,27,30)(H,31,32)/t16-,17-,19+,20+/m0/s1. The molecule has 2 aliphatic carbocycles. The zero-order chi connectivity index (χ0) is 22.8. The van der Waals surface area contributed by atoms with Crippen LogP contribution in [0.3, 0.4) is 0 Å². The van der Waals surface area contributed by atoms with Gasteiger partial charge in [0.25, 0.3) is 11.8 Å². The Labute approximate surface area is 184 Å². The van der Waals surface area contributed by atoms with Gasteiger partial charge in [0.2, 0.25) is 5.91 Å². The minimum Gasteiger partial charge on any atom is -0.481 e. The van der Waals surface area contributed by atoms with Crippen molar-refractivity contribution in [3.8, 4) is 0 Å². The topological polar surface area (TPSA) is 125 Å². The van der Waals surface area contributed by atoms with E-state index in [1.165, 1.54) is 12.1 Å². The molecule has 2 aliphatic rings. The average molecular weight is 433 g/mol. The van der Waals surface area contributed by atoms with Gasteiger partial charge in [-0.3, -0.25) is 30.0 Å². The van der Waals surface area contributed by atoms with Crippen molar-refractivity contribution in [3.63, 3.8) is 0 Å². The molecule has 0 spiro atoms. The summed E-state index contributed by atoms with van der Waals surface area (Å²) in [6.45, 7) is 1.94.